The number of piperazine rings is 1. The Morgan fingerprint density at radius 1 is 1.24 bits per heavy atom. The maximum atomic E-state index is 12.6. The lowest BCUT2D eigenvalue weighted by Gasteiger charge is -2.43. The number of amides is 1. The summed E-state index contributed by atoms with van der Waals surface area (Å²) in [4.78, 5) is 17.1. The molecule has 0 unspecified atom stereocenters. The monoisotopic (exact) mass is 365 g/mol. The van der Waals surface area contributed by atoms with Gasteiger partial charge in [-0.25, -0.2) is 0 Å². The number of nitrogens with one attached hydrogen (secondary N) is 1. The zero-order valence-corrected chi connectivity index (χ0v) is 15.9. The number of halogens is 1. The Balaban J connectivity index is 1.53. The lowest BCUT2D eigenvalue weighted by molar-refractivity contribution is -0.133. The van der Waals surface area contributed by atoms with E-state index < -0.39 is 0 Å². The number of aryl methyl sites for hydroxylation is 2. The van der Waals surface area contributed by atoms with Crippen LogP contribution in [0.4, 0.5) is 0 Å². The van der Waals surface area contributed by atoms with Crippen molar-refractivity contribution in [3.05, 3.63) is 28.3 Å². The van der Waals surface area contributed by atoms with E-state index >= 15 is 0 Å². The Bertz CT molecular complexity index is 611. The number of hydrogen-bond acceptors (Lipinski definition) is 4. The van der Waals surface area contributed by atoms with Gasteiger partial charge < -0.3 is 15.0 Å². The molecule has 2 heterocycles. The summed E-state index contributed by atoms with van der Waals surface area (Å²) in [6, 6.07) is 4.61. The molecule has 1 N–H and O–H groups in total. The van der Waals surface area contributed by atoms with Crippen molar-refractivity contribution in [2.45, 2.75) is 32.2 Å². The van der Waals surface area contributed by atoms with E-state index in [0.717, 1.165) is 67.6 Å². The second kappa shape index (κ2) is 8.39. The number of carbonyl (C=O) groups excluding carboxylic acids is 1. The van der Waals surface area contributed by atoms with Crippen LogP contribution in [0.1, 0.15) is 24.5 Å². The van der Waals surface area contributed by atoms with E-state index in [1.165, 1.54) is 0 Å². The Labute approximate surface area is 155 Å². The third kappa shape index (κ3) is 4.27. The zero-order valence-electron chi connectivity index (χ0n) is 15.2. The van der Waals surface area contributed by atoms with Crippen molar-refractivity contribution in [3.63, 3.8) is 0 Å². The van der Waals surface area contributed by atoms with Crippen LogP contribution < -0.4 is 10.1 Å². The molecule has 3 rings (SSSR count). The standard InChI is InChI=1S/C19H28ClN3O2/c1-3-14-11-18(25-2)15(10-17(14)20)4-5-19(24)23-8-6-22(7-9-23)16-12-21-13-16/h10-11,16,21H,3-9,12-13H2,1-2H3. The first-order valence-corrected chi connectivity index (χ1v) is 9.58. The molecule has 138 valence electrons. The summed E-state index contributed by atoms with van der Waals surface area (Å²) in [5.41, 5.74) is 2.09. The second-order valence-electron chi connectivity index (χ2n) is 6.84. The van der Waals surface area contributed by atoms with Crippen LogP contribution in [-0.4, -0.2) is 68.1 Å². The third-order valence-electron chi connectivity index (χ3n) is 5.38. The van der Waals surface area contributed by atoms with Crippen molar-refractivity contribution < 1.29 is 9.53 Å². The van der Waals surface area contributed by atoms with Crippen LogP contribution in [0.2, 0.25) is 5.02 Å². The number of nitrogens with zero attached hydrogens (tertiary/aromatic N) is 2. The van der Waals surface area contributed by atoms with Crippen molar-refractivity contribution in [3.8, 4) is 5.75 Å². The minimum absolute atomic E-state index is 0.226. The van der Waals surface area contributed by atoms with Gasteiger partial charge in [0.1, 0.15) is 5.75 Å². The normalized spacial score (nSPS) is 18.9. The fourth-order valence-corrected chi connectivity index (χ4v) is 3.88. The van der Waals surface area contributed by atoms with Crippen LogP contribution in [0.3, 0.4) is 0 Å². The van der Waals surface area contributed by atoms with E-state index in [9.17, 15) is 4.79 Å². The minimum Gasteiger partial charge on any atom is -0.496 e. The smallest absolute Gasteiger partial charge is 0.222 e. The molecular weight excluding hydrogens is 338 g/mol. The van der Waals surface area contributed by atoms with Gasteiger partial charge in [0, 0.05) is 56.8 Å². The van der Waals surface area contributed by atoms with Gasteiger partial charge >= 0.3 is 0 Å². The van der Waals surface area contributed by atoms with Gasteiger partial charge in [-0.2, -0.15) is 0 Å². The highest BCUT2D eigenvalue weighted by molar-refractivity contribution is 6.31. The summed E-state index contributed by atoms with van der Waals surface area (Å²) in [5, 5.41) is 4.07. The highest BCUT2D eigenvalue weighted by Crippen LogP contribution is 2.28. The molecule has 6 heteroatoms. The Morgan fingerprint density at radius 3 is 2.52 bits per heavy atom. The molecule has 2 saturated heterocycles. The topological polar surface area (TPSA) is 44.8 Å². The minimum atomic E-state index is 0.226. The first-order chi connectivity index (χ1) is 12.1. The summed E-state index contributed by atoms with van der Waals surface area (Å²) < 4.78 is 5.48. The van der Waals surface area contributed by atoms with Crippen LogP contribution >= 0.6 is 11.6 Å². The van der Waals surface area contributed by atoms with Gasteiger partial charge in [-0.3, -0.25) is 9.69 Å². The predicted molar refractivity (Wildman–Crippen MR) is 101 cm³/mol. The Kier molecular flexibility index (Phi) is 6.20. The van der Waals surface area contributed by atoms with E-state index in [0.29, 0.717) is 18.9 Å². The molecule has 2 aliphatic heterocycles. The summed E-state index contributed by atoms with van der Waals surface area (Å²) >= 11 is 6.33. The third-order valence-corrected chi connectivity index (χ3v) is 5.73. The van der Waals surface area contributed by atoms with E-state index in [1.54, 1.807) is 7.11 Å². The maximum Gasteiger partial charge on any atom is 0.222 e. The molecule has 2 aliphatic rings. The van der Waals surface area contributed by atoms with Crippen LogP contribution in [0, 0.1) is 0 Å². The molecular formula is C19H28ClN3O2. The molecule has 1 aromatic carbocycles. The van der Waals surface area contributed by atoms with Crippen LogP contribution in [0.5, 0.6) is 5.75 Å². The van der Waals surface area contributed by atoms with Gasteiger partial charge in [0.15, 0.2) is 0 Å². The lowest BCUT2D eigenvalue weighted by Crippen LogP contribution is -2.62. The molecule has 0 spiro atoms. The van der Waals surface area contributed by atoms with Crippen molar-refractivity contribution in [2.75, 3.05) is 46.4 Å². The molecule has 25 heavy (non-hydrogen) atoms. The molecule has 0 aromatic heterocycles. The van der Waals surface area contributed by atoms with Crippen molar-refractivity contribution in [1.29, 1.82) is 0 Å². The lowest BCUT2D eigenvalue weighted by atomic mass is 10.0. The second-order valence-corrected chi connectivity index (χ2v) is 7.25. The number of benzene rings is 1. The van der Waals surface area contributed by atoms with Crippen molar-refractivity contribution in [1.82, 2.24) is 15.1 Å². The maximum absolute atomic E-state index is 12.6. The van der Waals surface area contributed by atoms with Crippen LogP contribution in [0.25, 0.3) is 0 Å². The number of hydrogen-bond donors (Lipinski definition) is 1. The summed E-state index contributed by atoms with van der Waals surface area (Å²) in [5.74, 6) is 1.06. The molecule has 0 atom stereocenters. The van der Waals surface area contributed by atoms with E-state index in [-0.39, 0.29) is 5.91 Å². The molecule has 0 aliphatic carbocycles. The fraction of sp³-hybridized carbons (Fsp3) is 0.632. The average Bonchev–Trinajstić information content (AvgIpc) is 2.59. The summed E-state index contributed by atoms with van der Waals surface area (Å²) in [6.07, 6.45) is 2.04. The van der Waals surface area contributed by atoms with Gasteiger partial charge in [-0.05, 0) is 36.1 Å². The molecule has 5 nitrogen and oxygen atoms in total. The number of ether oxygens (including phenoxy) is 1. The average molecular weight is 366 g/mol. The quantitative estimate of drug-likeness (QED) is 0.837. The first-order valence-electron chi connectivity index (χ1n) is 9.20. The first kappa shape index (κ1) is 18.5. The predicted octanol–water partition coefficient (Wildman–Crippen LogP) is 1.96. The van der Waals surface area contributed by atoms with Gasteiger partial charge in [-0.1, -0.05) is 18.5 Å². The molecule has 0 saturated carbocycles. The largest absolute Gasteiger partial charge is 0.496 e. The van der Waals surface area contributed by atoms with Gasteiger partial charge in [0.05, 0.1) is 7.11 Å². The molecule has 0 radical (unpaired) electrons. The Morgan fingerprint density at radius 2 is 1.96 bits per heavy atom. The zero-order chi connectivity index (χ0) is 17.8. The Hall–Kier alpha value is -1.30. The highest BCUT2D eigenvalue weighted by atomic mass is 35.5. The van der Waals surface area contributed by atoms with Crippen LogP contribution in [-0.2, 0) is 17.6 Å². The number of rotatable bonds is 6. The fourth-order valence-electron chi connectivity index (χ4n) is 3.56. The molecule has 1 aromatic rings. The van der Waals surface area contributed by atoms with E-state index in [4.69, 9.17) is 16.3 Å². The van der Waals surface area contributed by atoms with Gasteiger partial charge in [-0.15, -0.1) is 0 Å². The van der Waals surface area contributed by atoms with Gasteiger partial charge in [0.25, 0.3) is 0 Å². The summed E-state index contributed by atoms with van der Waals surface area (Å²) in [6.45, 7) is 7.88. The van der Waals surface area contributed by atoms with Crippen molar-refractivity contribution in [2.24, 2.45) is 0 Å². The number of methoxy groups -OCH3 is 1. The van der Waals surface area contributed by atoms with Gasteiger partial charge in [0.2, 0.25) is 5.91 Å². The van der Waals surface area contributed by atoms with Crippen molar-refractivity contribution >= 4 is 17.5 Å². The molecule has 0 bridgehead atoms. The van der Waals surface area contributed by atoms with E-state index in [2.05, 4.69) is 17.1 Å². The number of carbonyl (C=O) groups is 1. The summed E-state index contributed by atoms with van der Waals surface area (Å²) in [7, 11) is 1.67. The van der Waals surface area contributed by atoms with E-state index in [1.807, 2.05) is 17.0 Å². The molecule has 1 amide bonds. The highest BCUT2D eigenvalue weighted by Gasteiger charge is 2.29. The molecule has 2 fully saturated rings. The SMILES string of the molecule is CCc1cc(OC)c(CCC(=O)N2CCN(C3CNC3)CC2)cc1Cl. The van der Waals surface area contributed by atoms with Crippen LogP contribution in [0.15, 0.2) is 12.1 Å².